The lowest BCUT2D eigenvalue weighted by Gasteiger charge is -2.37. The van der Waals surface area contributed by atoms with E-state index in [-0.39, 0.29) is 18.4 Å². The van der Waals surface area contributed by atoms with Gasteiger partial charge in [0.25, 0.3) is 0 Å². The summed E-state index contributed by atoms with van der Waals surface area (Å²) in [5.74, 6) is -0.966. The second-order valence-corrected chi connectivity index (χ2v) is 5.30. The summed E-state index contributed by atoms with van der Waals surface area (Å²) in [6.45, 7) is 5.61. The van der Waals surface area contributed by atoms with E-state index in [1.54, 1.807) is 0 Å². The van der Waals surface area contributed by atoms with Gasteiger partial charge in [-0.2, -0.15) is 0 Å². The zero-order valence-electron chi connectivity index (χ0n) is 11.1. The first kappa shape index (κ1) is 14.7. The van der Waals surface area contributed by atoms with Gasteiger partial charge in [0.15, 0.2) is 0 Å². The quantitative estimate of drug-likeness (QED) is 0.516. The van der Waals surface area contributed by atoms with Gasteiger partial charge in [-0.1, -0.05) is 12.5 Å². The highest BCUT2D eigenvalue weighted by Gasteiger charge is 2.45. The van der Waals surface area contributed by atoms with Crippen LogP contribution >= 0.6 is 0 Å². The minimum atomic E-state index is -0.830. The fourth-order valence-corrected chi connectivity index (χ4v) is 2.34. The maximum Gasteiger partial charge on any atom is 0.310 e. The first-order chi connectivity index (χ1) is 8.50. The van der Waals surface area contributed by atoms with E-state index >= 15 is 0 Å². The molecule has 4 nitrogen and oxygen atoms in total. The van der Waals surface area contributed by atoms with Crippen molar-refractivity contribution in [3.63, 3.8) is 0 Å². The molecule has 0 bridgehead atoms. The first-order valence-electron chi connectivity index (χ1n) is 6.64. The predicted octanol–water partition coefficient (Wildman–Crippen LogP) is 2.49. The number of unbranched alkanes of at least 4 members (excludes halogenated alkanes) is 1. The van der Waals surface area contributed by atoms with Crippen LogP contribution in [0.2, 0.25) is 0 Å². The lowest BCUT2D eigenvalue weighted by Crippen LogP contribution is -2.44. The third kappa shape index (κ3) is 3.86. The molecule has 18 heavy (non-hydrogen) atoms. The number of carbonyl (C=O) groups excluding carboxylic acids is 1. The molecule has 0 aromatic rings. The van der Waals surface area contributed by atoms with Crippen LogP contribution in [-0.4, -0.2) is 23.0 Å². The molecule has 1 aliphatic rings. The zero-order chi connectivity index (χ0) is 13.6. The molecule has 0 heterocycles. The molecule has 4 heteroatoms. The number of carbonyl (C=O) groups is 2. The Labute approximate surface area is 108 Å². The molecule has 0 radical (unpaired) electrons. The molecule has 1 amide bonds. The molecule has 0 aromatic carbocycles. The first-order valence-corrected chi connectivity index (χ1v) is 6.64. The maximum atomic E-state index is 11.8. The summed E-state index contributed by atoms with van der Waals surface area (Å²) in [6, 6.07) is 0.100. The smallest absolute Gasteiger partial charge is 0.310 e. The molecule has 0 aromatic heterocycles. The van der Waals surface area contributed by atoms with Crippen molar-refractivity contribution in [2.75, 3.05) is 0 Å². The van der Waals surface area contributed by atoms with E-state index in [1.807, 2.05) is 13.0 Å². The number of carboxylic acid groups (broad SMARTS) is 1. The standard InChI is InChI=1S/C14H23NO3/c1-3-4-5-7-11(2)15-12(16)10-14(13(17)18)8-6-9-14/h3,11H,1,4-10H2,2H3,(H,15,16)(H,17,18). The summed E-state index contributed by atoms with van der Waals surface area (Å²) >= 11 is 0. The van der Waals surface area contributed by atoms with E-state index < -0.39 is 11.4 Å². The number of carboxylic acids is 1. The molecular formula is C14H23NO3. The second-order valence-electron chi connectivity index (χ2n) is 5.30. The van der Waals surface area contributed by atoms with Gasteiger partial charge < -0.3 is 10.4 Å². The molecule has 0 saturated heterocycles. The minimum Gasteiger partial charge on any atom is -0.481 e. The Kier molecular flexibility index (Phi) is 5.38. The Morgan fingerprint density at radius 3 is 2.61 bits per heavy atom. The molecule has 1 atom stereocenters. The lowest BCUT2D eigenvalue weighted by molar-refractivity contribution is -0.157. The number of allylic oxidation sites excluding steroid dienone is 1. The topological polar surface area (TPSA) is 66.4 Å². The SMILES string of the molecule is C=CCCCC(C)NC(=O)CC1(C(=O)O)CCC1. The van der Waals surface area contributed by atoms with Crippen LogP contribution in [0.4, 0.5) is 0 Å². The molecule has 1 saturated carbocycles. The summed E-state index contributed by atoms with van der Waals surface area (Å²) in [4.78, 5) is 22.9. The van der Waals surface area contributed by atoms with Crippen LogP contribution in [0, 0.1) is 5.41 Å². The minimum absolute atomic E-state index is 0.100. The highest BCUT2D eigenvalue weighted by atomic mass is 16.4. The number of rotatable bonds is 8. The Morgan fingerprint density at radius 2 is 2.17 bits per heavy atom. The van der Waals surface area contributed by atoms with Gasteiger partial charge in [-0.15, -0.1) is 6.58 Å². The summed E-state index contributed by atoms with van der Waals surface area (Å²) in [7, 11) is 0. The number of aliphatic carboxylic acids is 1. The molecular weight excluding hydrogens is 230 g/mol. The lowest BCUT2D eigenvalue weighted by atomic mass is 9.66. The average Bonchev–Trinajstić information content (AvgIpc) is 2.23. The van der Waals surface area contributed by atoms with Gasteiger partial charge >= 0.3 is 5.97 Å². The van der Waals surface area contributed by atoms with Crippen LogP contribution in [0.1, 0.15) is 51.9 Å². The van der Waals surface area contributed by atoms with E-state index in [2.05, 4.69) is 11.9 Å². The number of nitrogens with one attached hydrogen (secondary N) is 1. The molecule has 1 rings (SSSR count). The summed E-state index contributed by atoms with van der Waals surface area (Å²) < 4.78 is 0. The van der Waals surface area contributed by atoms with Crippen molar-refractivity contribution in [1.29, 1.82) is 0 Å². The van der Waals surface area contributed by atoms with Gasteiger partial charge in [0, 0.05) is 12.5 Å². The van der Waals surface area contributed by atoms with Crippen molar-refractivity contribution in [2.24, 2.45) is 5.41 Å². The molecule has 2 N–H and O–H groups in total. The Balaban J connectivity index is 2.32. The van der Waals surface area contributed by atoms with Crippen molar-refractivity contribution < 1.29 is 14.7 Å². The second kappa shape index (κ2) is 6.57. The van der Waals surface area contributed by atoms with Crippen molar-refractivity contribution >= 4 is 11.9 Å². The van der Waals surface area contributed by atoms with Crippen LogP contribution in [0.15, 0.2) is 12.7 Å². The van der Waals surface area contributed by atoms with Gasteiger partial charge in [-0.25, -0.2) is 0 Å². The normalized spacial score (nSPS) is 18.5. The number of amides is 1. The molecule has 102 valence electrons. The van der Waals surface area contributed by atoms with E-state index in [1.165, 1.54) is 0 Å². The number of hydrogen-bond donors (Lipinski definition) is 2. The van der Waals surface area contributed by atoms with Crippen LogP contribution in [-0.2, 0) is 9.59 Å². The largest absolute Gasteiger partial charge is 0.481 e. The maximum absolute atomic E-state index is 11.8. The van der Waals surface area contributed by atoms with E-state index in [0.717, 1.165) is 25.7 Å². The highest BCUT2D eigenvalue weighted by Crippen LogP contribution is 2.44. The highest BCUT2D eigenvalue weighted by molar-refractivity contribution is 5.85. The third-order valence-electron chi connectivity index (χ3n) is 3.72. The Bertz CT molecular complexity index is 321. The van der Waals surface area contributed by atoms with Crippen LogP contribution in [0.25, 0.3) is 0 Å². The van der Waals surface area contributed by atoms with E-state index in [4.69, 9.17) is 5.11 Å². The summed E-state index contributed by atoms with van der Waals surface area (Å²) in [5, 5.41) is 12.0. The van der Waals surface area contributed by atoms with Gasteiger partial charge in [0.1, 0.15) is 0 Å². The van der Waals surface area contributed by atoms with Crippen molar-refractivity contribution in [3.05, 3.63) is 12.7 Å². The zero-order valence-corrected chi connectivity index (χ0v) is 11.1. The predicted molar refractivity (Wildman–Crippen MR) is 70.2 cm³/mol. The van der Waals surface area contributed by atoms with Crippen LogP contribution in [0.5, 0.6) is 0 Å². The fraction of sp³-hybridized carbons (Fsp3) is 0.714. The molecule has 1 unspecified atom stereocenters. The molecule has 0 aliphatic heterocycles. The van der Waals surface area contributed by atoms with Gasteiger partial charge in [-0.3, -0.25) is 9.59 Å². The van der Waals surface area contributed by atoms with Gasteiger partial charge in [0.05, 0.1) is 5.41 Å². The fourth-order valence-electron chi connectivity index (χ4n) is 2.34. The van der Waals surface area contributed by atoms with Crippen molar-refractivity contribution in [3.8, 4) is 0 Å². The monoisotopic (exact) mass is 253 g/mol. The van der Waals surface area contributed by atoms with E-state index in [0.29, 0.717) is 12.8 Å². The van der Waals surface area contributed by atoms with Crippen molar-refractivity contribution in [1.82, 2.24) is 5.32 Å². The molecule has 0 spiro atoms. The van der Waals surface area contributed by atoms with Crippen LogP contribution < -0.4 is 5.32 Å². The van der Waals surface area contributed by atoms with E-state index in [9.17, 15) is 9.59 Å². The van der Waals surface area contributed by atoms with Crippen LogP contribution in [0.3, 0.4) is 0 Å². The van der Waals surface area contributed by atoms with Crippen molar-refractivity contribution in [2.45, 2.75) is 57.9 Å². The summed E-state index contributed by atoms with van der Waals surface area (Å²) in [6.07, 6.45) is 6.98. The molecule has 1 fully saturated rings. The Morgan fingerprint density at radius 1 is 1.50 bits per heavy atom. The average molecular weight is 253 g/mol. The Hall–Kier alpha value is -1.32. The summed E-state index contributed by atoms with van der Waals surface area (Å²) in [5.41, 5.74) is -0.787. The molecule has 1 aliphatic carbocycles. The third-order valence-corrected chi connectivity index (χ3v) is 3.72. The van der Waals surface area contributed by atoms with Gasteiger partial charge in [0.2, 0.25) is 5.91 Å². The van der Waals surface area contributed by atoms with Gasteiger partial charge in [-0.05, 0) is 39.0 Å². The number of hydrogen-bond acceptors (Lipinski definition) is 2.